The molecule has 0 aromatic heterocycles. The lowest BCUT2D eigenvalue weighted by molar-refractivity contribution is 0.516. The minimum atomic E-state index is -3.02. The van der Waals surface area contributed by atoms with Crippen LogP contribution >= 0.6 is 0 Å². The zero-order valence-corrected chi connectivity index (χ0v) is 12.6. The van der Waals surface area contributed by atoms with E-state index in [4.69, 9.17) is 0 Å². The first-order chi connectivity index (χ1) is 8.24. The molecule has 0 aliphatic heterocycles. The maximum absolute atomic E-state index is 11.6. The summed E-state index contributed by atoms with van der Waals surface area (Å²) in [5, 5.41) is 2.73. The van der Waals surface area contributed by atoms with E-state index in [1.54, 1.807) is 6.92 Å². The van der Waals surface area contributed by atoms with Gasteiger partial charge in [-0.3, -0.25) is 0 Å². The molecule has 0 radical (unpaired) electrons. The standard InChI is InChI=1S/C14H23NO2S/c1-10-6-11(2)8-13(7-10)9-14(15-4)12(3)18(5,16)17/h6-8,12,14-15H,9H2,1-5H3. The van der Waals surface area contributed by atoms with Gasteiger partial charge in [-0.1, -0.05) is 29.3 Å². The van der Waals surface area contributed by atoms with Crippen LogP contribution in [0.3, 0.4) is 0 Å². The highest BCUT2D eigenvalue weighted by Crippen LogP contribution is 2.14. The van der Waals surface area contributed by atoms with Crippen molar-refractivity contribution in [1.29, 1.82) is 0 Å². The molecule has 0 fully saturated rings. The van der Waals surface area contributed by atoms with Crippen molar-refractivity contribution in [1.82, 2.24) is 5.32 Å². The zero-order chi connectivity index (χ0) is 13.9. The highest BCUT2D eigenvalue weighted by molar-refractivity contribution is 7.91. The summed E-state index contributed by atoms with van der Waals surface area (Å²) in [5.74, 6) is 0. The van der Waals surface area contributed by atoms with E-state index >= 15 is 0 Å². The number of sulfone groups is 1. The molecule has 102 valence electrons. The monoisotopic (exact) mass is 269 g/mol. The minimum absolute atomic E-state index is 0.0544. The van der Waals surface area contributed by atoms with Gasteiger partial charge < -0.3 is 5.32 Å². The van der Waals surface area contributed by atoms with Crippen LogP contribution < -0.4 is 5.32 Å². The lowest BCUT2D eigenvalue weighted by atomic mass is 10.00. The highest BCUT2D eigenvalue weighted by Gasteiger charge is 2.24. The quantitative estimate of drug-likeness (QED) is 0.887. The number of likely N-dealkylation sites (N-methyl/N-ethyl adjacent to an activating group) is 1. The fourth-order valence-corrected chi connectivity index (χ4v) is 3.07. The van der Waals surface area contributed by atoms with E-state index in [1.807, 2.05) is 7.05 Å². The van der Waals surface area contributed by atoms with Gasteiger partial charge in [0.1, 0.15) is 0 Å². The summed E-state index contributed by atoms with van der Waals surface area (Å²) in [6.45, 7) is 5.88. The lowest BCUT2D eigenvalue weighted by Crippen LogP contribution is -2.41. The smallest absolute Gasteiger partial charge is 0.151 e. The van der Waals surface area contributed by atoms with Crippen molar-refractivity contribution in [2.24, 2.45) is 0 Å². The van der Waals surface area contributed by atoms with Crippen LogP contribution in [0, 0.1) is 13.8 Å². The summed E-state index contributed by atoms with van der Waals surface area (Å²) >= 11 is 0. The zero-order valence-electron chi connectivity index (χ0n) is 11.8. The van der Waals surface area contributed by atoms with Crippen molar-refractivity contribution in [3.05, 3.63) is 34.9 Å². The molecule has 2 unspecified atom stereocenters. The van der Waals surface area contributed by atoms with Crippen molar-refractivity contribution in [3.8, 4) is 0 Å². The van der Waals surface area contributed by atoms with Crippen LogP contribution in [0.4, 0.5) is 0 Å². The molecule has 18 heavy (non-hydrogen) atoms. The third kappa shape index (κ3) is 4.10. The molecule has 0 bridgehead atoms. The molecule has 0 aliphatic carbocycles. The minimum Gasteiger partial charge on any atom is -0.315 e. The Morgan fingerprint density at radius 1 is 1.17 bits per heavy atom. The van der Waals surface area contributed by atoms with Crippen LogP contribution in [0.5, 0.6) is 0 Å². The van der Waals surface area contributed by atoms with Crippen molar-refractivity contribution in [3.63, 3.8) is 0 Å². The Kier molecular flexibility index (Phi) is 4.93. The summed E-state index contributed by atoms with van der Waals surface area (Å²) in [7, 11) is -1.20. The maximum atomic E-state index is 11.6. The van der Waals surface area contributed by atoms with E-state index in [1.165, 1.54) is 22.9 Å². The van der Waals surface area contributed by atoms with E-state index in [-0.39, 0.29) is 11.3 Å². The number of hydrogen-bond acceptors (Lipinski definition) is 3. The molecule has 0 amide bonds. The van der Waals surface area contributed by atoms with Crippen LogP contribution in [0.2, 0.25) is 0 Å². The molecule has 0 saturated carbocycles. The molecule has 0 saturated heterocycles. The second-order valence-electron chi connectivity index (χ2n) is 5.13. The number of rotatable bonds is 5. The van der Waals surface area contributed by atoms with E-state index in [2.05, 4.69) is 37.4 Å². The predicted octanol–water partition coefficient (Wildman–Crippen LogP) is 1.87. The molecule has 0 aliphatic rings. The molecule has 2 atom stereocenters. The Labute approximate surface area is 111 Å². The molecule has 3 nitrogen and oxygen atoms in total. The lowest BCUT2D eigenvalue weighted by Gasteiger charge is -2.22. The first-order valence-corrected chi connectivity index (χ1v) is 8.13. The summed E-state index contributed by atoms with van der Waals surface area (Å²) < 4.78 is 23.2. The van der Waals surface area contributed by atoms with Gasteiger partial charge in [-0.25, -0.2) is 8.42 Å². The van der Waals surface area contributed by atoms with Crippen molar-refractivity contribution < 1.29 is 8.42 Å². The Balaban J connectivity index is 2.93. The fraction of sp³-hybridized carbons (Fsp3) is 0.571. The van der Waals surface area contributed by atoms with Gasteiger partial charge in [0.25, 0.3) is 0 Å². The van der Waals surface area contributed by atoms with E-state index < -0.39 is 9.84 Å². The number of aryl methyl sites for hydroxylation is 2. The average Bonchev–Trinajstić information content (AvgIpc) is 2.22. The van der Waals surface area contributed by atoms with E-state index in [0.29, 0.717) is 0 Å². The van der Waals surface area contributed by atoms with Crippen LogP contribution in [0.1, 0.15) is 23.6 Å². The molecule has 0 spiro atoms. The molecule has 1 rings (SSSR count). The number of benzene rings is 1. The van der Waals surface area contributed by atoms with Gasteiger partial charge >= 0.3 is 0 Å². The molecule has 1 N–H and O–H groups in total. The SMILES string of the molecule is CNC(Cc1cc(C)cc(C)c1)C(C)S(C)(=O)=O. The van der Waals surface area contributed by atoms with E-state index in [9.17, 15) is 8.42 Å². The third-order valence-corrected chi connectivity index (χ3v) is 5.03. The van der Waals surface area contributed by atoms with Gasteiger partial charge in [-0.05, 0) is 39.8 Å². The molecular weight excluding hydrogens is 246 g/mol. The second kappa shape index (κ2) is 5.85. The predicted molar refractivity (Wildman–Crippen MR) is 76.8 cm³/mol. The highest BCUT2D eigenvalue weighted by atomic mass is 32.2. The van der Waals surface area contributed by atoms with E-state index in [0.717, 1.165) is 6.42 Å². The van der Waals surface area contributed by atoms with Crippen molar-refractivity contribution in [2.75, 3.05) is 13.3 Å². The molecule has 0 heterocycles. The second-order valence-corrected chi connectivity index (χ2v) is 7.53. The first-order valence-electron chi connectivity index (χ1n) is 6.17. The number of hydrogen-bond donors (Lipinski definition) is 1. The molecule has 4 heteroatoms. The summed E-state index contributed by atoms with van der Waals surface area (Å²) in [6, 6.07) is 6.30. The van der Waals surface area contributed by atoms with Crippen LogP contribution in [0.25, 0.3) is 0 Å². The number of nitrogens with one attached hydrogen (secondary N) is 1. The normalized spacial score (nSPS) is 15.4. The van der Waals surface area contributed by atoms with Crippen molar-refractivity contribution >= 4 is 9.84 Å². The first kappa shape index (κ1) is 15.2. The average molecular weight is 269 g/mol. The van der Waals surface area contributed by atoms with Crippen LogP contribution in [-0.4, -0.2) is 33.0 Å². The topological polar surface area (TPSA) is 46.2 Å². The summed E-state index contributed by atoms with van der Waals surface area (Å²) in [6.07, 6.45) is 2.02. The van der Waals surface area contributed by atoms with Gasteiger partial charge in [-0.15, -0.1) is 0 Å². The fourth-order valence-electron chi connectivity index (χ4n) is 2.24. The van der Waals surface area contributed by atoms with Gasteiger partial charge in [-0.2, -0.15) is 0 Å². The Hall–Kier alpha value is -0.870. The molecular formula is C14H23NO2S. The largest absolute Gasteiger partial charge is 0.315 e. The van der Waals surface area contributed by atoms with Crippen molar-refractivity contribution in [2.45, 2.75) is 38.5 Å². The van der Waals surface area contributed by atoms with Crippen LogP contribution in [-0.2, 0) is 16.3 Å². The van der Waals surface area contributed by atoms with Gasteiger partial charge in [0.15, 0.2) is 9.84 Å². The van der Waals surface area contributed by atoms with Gasteiger partial charge in [0, 0.05) is 12.3 Å². The Morgan fingerprint density at radius 2 is 1.67 bits per heavy atom. The maximum Gasteiger partial charge on any atom is 0.151 e. The van der Waals surface area contributed by atoms with Gasteiger partial charge in [0.05, 0.1) is 5.25 Å². The Bertz CT molecular complexity index is 488. The van der Waals surface area contributed by atoms with Crippen LogP contribution in [0.15, 0.2) is 18.2 Å². The molecule has 1 aromatic rings. The Morgan fingerprint density at radius 3 is 2.06 bits per heavy atom. The summed E-state index contributed by atoms with van der Waals surface area (Å²) in [4.78, 5) is 0. The van der Waals surface area contributed by atoms with Gasteiger partial charge in [0.2, 0.25) is 0 Å². The molecule has 1 aromatic carbocycles. The summed E-state index contributed by atoms with van der Waals surface area (Å²) in [5.41, 5.74) is 3.61. The third-order valence-electron chi connectivity index (χ3n) is 3.35.